The number of rotatable bonds is 2. The van der Waals surface area contributed by atoms with Gasteiger partial charge in [0.05, 0.1) is 5.16 Å². The minimum absolute atomic E-state index is 0. The van der Waals surface area contributed by atoms with Gasteiger partial charge in [-0.15, -0.1) is 6.07 Å². The van der Waals surface area contributed by atoms with Crippen molar-refractivity contribution in [2.75, 3.05) is 0 Å². The summed E-state index contributed by atoms with van der Waals surface area (Å²) in [7, 11) is -8.98. The maximum absolute atomic E-state index is 10.6. The zero-order valence-corrected chi connectivity index (χ0v) is 13.4. The first kappa shape index (κ1) is 20.2. The molecule has 0 aromatic heterocycles. The van der Waals surface area contributed by atoms with E-state index in [9.17, 15) is 16.8 Å². The maximum atomic E-state index is 10.6. The zero-order valence-electron chi connectivity index (χ0n) is 8.98. The summed E-state index contributed by atoms with van der Waals surface area (Å²) in [6, 6.07) is 4.55. The molecule has 0 aliphatic carbocycles. The summed E-state index contributed by atoms with van der Waals surface area (Å²) < 4.78 is 59.4. The van der Waals surface area contributed by atoms with E-state index >= 15 is 0 Å². The molecule has 0 aliphatic rings. The Balaban J connectivity index is 0. The van der Waals surface area contributed by atoms with Crippen LogP contribution in [0.3, 0.4) is 0 Å². The molecule has 11 heteroatoms. The third-order valence-corrected chi connectivity index (χ3v) is 2.99. The normalized spacial score (nSPS) is 10.3. The van der Waals surface area contributed by atoms with Crippen molar-refractivity contribution in [1.29, 1.82) is 5.41 Å². The molecule has 0 amide bonds. The Bertz CT molecular complexity index is 586. The predicted molar refractivity (Wildman–Crippen MR) is 60.2 cm³/mol. The summed E-state index contributed by atoms with van der Waals surface area (Å²) in [4.78, 5) is -1.29. The van der Waals surface area contributed by atoms with E-state index in [1.807, 2.05) is 0 Å². The largest absolute Gasteiger partial charge is 1.00 e. The summed E-state index contributed by atoms with van der Waals surface area (Å²) in [5.41, 5.74) is 0. The average molecular weight is 319 g/mol. The van der Waals surface area contributed by atoms with Crippen LogP contribution in [0, 0.1) is 11.5 Å². The smallest absolute Gasteiger partial charge is 0.291 e. The maximum Gasteiger partial charge on any atom is 1.00 e. The molecule has 0 saturated carbocycles. The van der Waals surface area contributed by atoms with Gasteiger partial charge in [-0.3, -0.25) is 9.11 Å². The van der Waals surface area contributed by atoms with Gasteiger partial charge in [0.25, 0.3) is 0 Å². The molecule has 0 unspecified atom stereocenters. The number of hydrogen-bond donors (Lipinski definition) is 3. The van der Waals surface area contributed by atoms with Crippen molar-refractivity contribution in [2.45, 2.75) is 9.79 Å². The SMILES string of the molecule is N=C=S.O=S(=O)(O)c1c[c-]cc(S(=O)(=O)O)c1.[Na+]. The summed E-state index contributed by atoms with van der Waals surface area (Å²) in [5.74, 6) is 0. The van der Waals surface area contributed by atoms with Crippen LogP contribution in [-0.2, 0) is 20.2 Å². The third-order valence-electron chi connectivity index (χ3n) is 1.33. The van der Waals surface area contributed by atoms with Crippen molar-refractivity contribution in [3.63, 3.8) is 0 Å². The first-order valence-electron chi connectivity index (χ1n) is 3.63. The molecule has 0 atom stereocenters. The Morgan fingerprint density at radius 2 is 1.39 bits per heavy atom. The van der Waals surface area contributed by atoms with Gasteiger partial charge in [0, 0.05) is 0 Å². The number of hydrogen-bond acceptors (Lipinski definition) is 6. The number of isothiocyanates is 1. The van der Waals surface area contributed by atoms with Gasteiger partial charge >= 0.3 is 29.6 Å². The van der Waals surface area contributed by atoms with Gasteiger partial charge in [-0.25, -0.2) is 22.2 Å². The van der Waals surface area contributed by atoms with Crippen LogP contribution in [0.25, 0.3) is 0 Å². The Morgan fingerprint density at radius 1 is 1.11 bits per heavy atom. The Hall–Kier alpha value is -0.160. The van der Waals surface area contributed by atoms with Crippen LogP contribution in [0.2, 0.25) is 0 Å². The first-order valence-corrected chi connectivity index (χ1v) is 6.91. The molecule has 94 valence electrons. The van der Waals surface area contributed by atoms with E-state index in [1.165, 1.54) is 0 Å². The van der Waals surface area contributed by atoms with Crippen molar-refractivity contribution in [3.05, 3.63) is 24.3 Å². The Labute approximate surface area is 132 Å². The molecule has 1 rings (SSSR count). The van der Waals surface area contributed by atoms with E-state index in [1.54, 1.807) is 5.16 Å². The second-order valence-corrected chi connectivity index (χ2v) is 5.50. The Kier molecular flexibility index (Phi) is 9.07. The first-order chi connectivity index (χ1) is 7.62. The molecule has 7 nitrogen and oxygen atoms in total. The number of nitrogens with one attached hydrogen (secondary N) is 1. The predicted octanol–water partition coefficient (Wildman–Crippen LogP) is -2.35. The standard InChI is InChI=1S/C6H5O6S2.CHNS.Na/c7-13(8,9)5-2-1-3-6(4-5)14(10,11)12;2-1-3;/h2-4H,(H,7,8,9)(H,10,11,12);2H;/q-1;;+1. The fourth-order valence-electron chi connectivity index (χ4n) is 0.727. The molecule has 0 spiro atoms. The number of thiocarbonyl (C=S) groups is 1. The molecule has 3 N–H and O–H groups in total. The van der Waals surface area contributed by atoms with E-state index in [0.29, 0.717) is 6.07 Å². The molecule has 0 bridgehead atoms. The Morgan fingerprint density at radius 3 is 1.61 bits per heavy atom. The molecular formula is C7H6NNaO6S3. The monoisotopic (exact) mass is 319 g/mol. The van der Waals surface area contributed by atoms with Gasteiger partial charge in [-0.2, -0.15) is 18.2 Å². The summed E-state index contributed by atoms with van der Waals surface area (Å²) in [6.45, 7) is 0. The molecule has 0 heterocycles. The summed E-state index contributed by atoms with van der Waals surface area (Å²) >= 11 is 3.81. The topological polar surface area (TPSA) is 133 Å². The van der Waals surface area contributed by atoms with Gasteiger partial charge < -0.3 is 0 Å². The van der Waals surface area contributed by atoms with Crippen LogP contribution in [-0.4, -0.2) is 31.1 Å². The summed E-state index contributed by atoms with van der Waals surface area (Å²) in [5, 5.41) is 7.36. The second kappa shape index (κ2) is 8.10. The van der Waals surface area contributed by atoms with Crippen LogP contribution in [0.4, 0.5) is 0 Å². The molecule has 0 aliphatic heterocycles. The molecule has 1 aromatic carbocycles. The van der Waals surface area contributed by atoms with E-state index in [0.717, 1.165) is 12.1 Å². The minimum atomic E-state index is -4.49. The summed E-state index contributed by atoms with van der Waals surface area (Å²) in [6.07, 6.45) is 0. The average Bonchev–Trinajstić information content (AvgIpc) is 2.16. The fourth-order valence-corrected chi connectivity index (χ4v) is 1.79. The van der Waals surface area contributed by atoms with Crippen LogP contribution >= 0.6 is 12.2 Å². The van der Waals surface area contributed by atoms with Crippen LogP contribution in [0.5, 0.6) is 0 Å². The van der Waals surface area contributed by atoms with Gasteiger partial charge in [0.1, 0.15) is 0 Å². The molecule has 0 saturated heterocycles. The third kappa shape index (κ3) is 7.31. The van der Waals surface area contributed by atoms with E-state index in [4.69, 9.17) is 14.5 Å². The second-order valence-electron chi connectivity index (χ2n) is 2.46. The van der Waals surface area contributed by atoms with Crippen molar-refractivity contribution in [2.24, 2.45) is 0 Å². The van der Waals surface area contributed by atoms with Crippen molar-refractivity contribution in [3.8, 4) is 0 Å². The zero-order chi connectivity index (χ0) is 13.7. The van der Waals surface area contributed by atoms with Gasteiger partial charge in [-0.1, -0.05) is 0 Å². The van der Waals surface area contributed by atoms with Gasteiger partial charge in [0.15, 0.2) is 0 Å². The molecule has 0 radical (unpaired) electrons. The van der Waals surface area contributed by atoms with E-state index < -0.39 is 30.0 Å². The van der Waals surface area contributed by atoms with Gasteiger partial charge in [0.2, 0.25) is 20.2 Å². The molecular weight excluding hydrogens is 313 g/mol. The van der Waals surface area contributed by atoms with Crippen molar-refractivity contribution < 1.29 is 55.5 Å². The quantitative estimate of drug-likeness (QED) is 0.183. The van der Waals surface area contributed by atoms with Crippen LogP contribution in [0.1, 0.15) is 0 Å². The van der Waals surface area contributed by atoms with E-state index in [2.05, 4.69) is 18.3 Å². The van der Waals surface area contributed by atoms with Crippen molar-refractivity contribution in [1.82, 2.24) is 0 Å². The van der Waals surface area contributed by atoms with Crippen LogP contribution in [0.15, 0.2) is 28.0 Å². The minimum Gasteiger partial charge on any atom is -0.291 e. The van der Waals surface area contributed by atoms with Gasteiger partial charge in [-0.05, 0) is 22.0 Å². The fraction of sp³-hybridized carbons (Fsp3) is 0. The molecule has 1 aromatic rings. The van der Waals surface area contributed by atoms with E-state index in [-0.39, 0.29) is 29.6 Å². The molecule has 0 fully saturated rings. The molecule has 18 heavy (non-hydrogen) atoms. The number of benzene rings is 1. The van der Waals surface area contributed by atoms with Crippen LogP contribution < -0.4 is 29.6 Å². The van der Waals surface area contributed by atoms with Crippen molar-refractivity contribution >= 4 is 37.6 Å².